The van der Waals surface area contributed by atoms with Crippen molar-refractivity contribution in [3.05, 3.63) is 146 Å². The van der Waals surface area contributed by atoms with Crippen LogP contribution in [0.5, 0.6) is 0 Å². The fourth-order valence-electron chi connectivity index (χ4n) is 5.71. The van der Waals surface area contributed by atoms with Crippen molar-refractivity contribution in [2.45, 2.75) is 19.6 Å². The molecule has 0 unspecified atom stereocenters. The first kappa shape index (κ1) is 26.1. The normalized spacial score (nSPS) is 11.7. The summed E-state index contributed by atoms with van der Waals surface area (Å²) in [6, 6.07) is 50.9. The molecule has 202 valence electrons. The fourth-order valence-corrected chi connectivity index (χ4v) is 6.87. The van der Waals surface area contributed by atoms with Gasteiger partial charge >= 0.3 is 0 Å². The van der Waals surface area contributed by atoms with E-state index in [1.165, 1.54) is 54.9 Å². The van der Waals surface area contributed by atoms with Gasteiger partial charge in [0, 0.05) is 17.1 Å². The molecule has 7 aromatic rings. The van der Waals surface area contributed by atoms with E-state index in [2.05, 4.69) is 158 Å². The van der Waals surface area contributed by atoms with Crippen LogP contribution in [-0.2, 0) is 0 Å². The Hall–Kier alpha value is -4.79. The van der Waals surface area contributed by atoms with E-state index in [1.807, 2.05) is 12.3 Å². The van der Waals surface area contributed by atoms with E-state index in [4.69, 9.17) is 0 Å². The molecule has 0 atom stereocenters. The second kappa shape index (κ2) is 10.6. The molecule has 0 saturated heterocycles. The molecular formula is C40H33NSi. The highest BCUT2D eigenvalue weighted by molar-refractivity contribution is 6.88. The minimum atomic E-state index is -1.28. The van der Waals surface area contributed by atoms with Crippen LogP contribution in [0.1, 0.15) is 0 Å². The van der Waals surface area contributed by atoms with Crippen molar-refractivity contribution in [1.82, 2.24) is 4.98 Å². The summed E-state index contributed by atoms with van der Waals surface area (Å²) in [7, 11) is -1.28. The van der Waals surface area contributed by atoms with Crippen LogP contribution in [-0.4, -0.2) is 13.1 Å². The average Bonchev–Trinajstić information content (AvgIpc) is 3.04. The number of pyridine rings is 1. The van der Waals surface area contributed by atoms with Gasteiger partial charge in [0.1, 0.15) is 0 Å². The van der Waals surface area contributed by atoms with Crippen molar-refractivity contribution < 1.29 is 0 Å². The first-order valence-electron chi connectivity index (χ1n) is 14.6. The molecule has 1 aromatic heterocycles. The zero-order valence-electron chi connectivity index (χ0n) is 24.3. The van der Waals surface area contributed by atoms with E-state index in [1.54, 1.807) is 0 Å². The van der Waals surface area contributed by atoms with Gasteiger partial charge in [-0.2, -0.15) is 0 Å². The van der Waals surface area contributed by atoms with Crippen LogP contribution in [0.4, 0.5) is 0 Å². The first-order valence-corrected chi connectivity index (χ1v) is 18.1. The van der Waals surface area contributed by atoms with E-state index < -0.39 is 8.07 Å². The lowest BCUT2D eigenvalue weighted by atomic mass is 9.96. The van der Waals surface area contributed by atoms with Crippen molar-refractivity contribution in [3.63, 3.8) is 0 Å². The summed E-state index contributed by atoms with van der Waals surface area (Å²) in [5.41, 5.74) is 10.8. The van der Waals surface area contributed by atoms with Gasteiger partial charge in [-0.05, 0) is 74.0 Å². The summed E-state index contributed by atoms with van der Waals surface area (Å²) in [6.45, 7) is 7.18. The molecule has 2 heteroatoms. The highest BCUT2D eigenvalue weighted by atomic mass is 28.3. The predicted octanol–water partition coefficient (Wildman–Crippen LogP) is 10.6. The van der Waals surface area contributed by atoms with Gasteiger partial charge in [0.15, 0.2) is 0 Å². The van der Waals surface area contributed by atoms with Crippen LogP contribution < -0.4 is 5.19 Å². The summed E-state index contributed by atoms with van der Waals surface area (Å²) < 4.78 is 0. The van der Waals surface area contributed by atoms with Gasteiger partial charge in [0.2, 0.25) is 0 Å². The Bertz CT molecular complexity index is 2030. The van der Waals surface area contributed by atoms with Crippen LogP contribution >= 0.6 is 0 Å². The van der Waals surface area contributed by atoms with E-state index in [0.717, 1.165) is 16.5 Å². The maximum Gasteiger partial charge on any atom is 0.0775 e. The minimum Gasteiger partial charge on any atom is -0.256 e. The maximum atomic E-state index is 4.63. The first-order chi connectivity index (χ1) is 20.4. The lowest BCUT2D eigenvalue weighted by molar-refractivity contribution is 1.41. The largest absolute Gasteiger partial charge is 0.256 e. The Balaban J connectivity index is 1.11. The molecule has 1 heterocycles. The molecule has 0 aliphatic heterocycles. The van der Waals surface area contributed by atoms with Crippen molar-refractivity contribution in [1.29, 1.82) is 0 Å². The van der Waals surface area contributed by atoms with E-state index in [9.17, 15) is 0 Å². The van der Waals surface area contributed by atoms with Crippen LogP contribution in [0, 0.1) is 0 Å². The van der Waals surface area contributed by atoms with Crippen molar-refractivity contribution in [2.24, 2.45) is 0 Å². The van der Waals surface area contributed by atoms with Gasteiger partial charge in [-0.15, -0.1) is 0 Å². The summed E-state index contributed by atoms with van der Waals surface area (Å²) in [5, 5.41) is 5.16. The number of aromatic nitrogens is 1. The monoisotopic (exact) mass is 555 g/mol. The predicted molar refractivity (Wildman–Crippen MR) is 184 cm³/mol. The number of hydrogen-bond acceptors (Lipinski definition) is 1. The molecule has 0 N–H and O–H groups in total. The molecule has 0 fully saturated rings. The SMILES string of the molecule is C[Si](C)(C)c1ccc(-c2ccc(-c3ccc4cc(-c5ccc(-c6cnc7ccccc7c6)cc5)ccc4c3)cc2)cc1. The Morgan fingerprint density at radius 1 is 0.381 bits per heavy atom. The number of para-hydroxylation sites is 1. The number of rotatable bonds is 5. The smallest absolute Gasteiger partial charge is 0.0775 e. The molecule has 0 radical (unpaired) electrons. The quantitative estimate of drug-likeness (QED) is 0.193. The number of fused-ring (bicyclic) bond motifs is 2. The third-order valence-electron chi connectivity index (χ3n) is 8.28. The zero-order valence-corrected chi connectivity index (χ0v) is 25.3. The van der Waals surface area contributed by atoms with Crippen molar-refractivity contribution in [3.8, 4) is 44.5 Å². The summed E-state index contributed by atoms with van der Waals surface area (Å²) in [5.74, 6) is 0. The second-order valence-electron chi connectivity index (χ2n) is 12.2. The molecule has 7 rings (SSSR count). The maximum absolute atomic E-state index is 4.63. The molecule has 6 aromatic carbocycles. The highest BCUT2D eigenvalue weighted by Crippen LogP contribution is 2.31. The zero-order chi connectivity index (χ0) is 28.7. The van der Waals surface area contributed by atoms with E-state index in [-0.39, 0.29) is 0 Å². The van der Waals surface area contributed by atoms with Gasteiger partial charge in [-0.1, -0.05) is 140 Å². The summed E-state index contributed by atoms with van der Waals surface area (Å²) in [6.07, 6.45) is 1.96. The highest BCUT2D eigenvalue weighted by Gasteiger charge is 2.15. The van der Waals surface area contributed by atoms with Gasteiger partial charge < -0.3 is 0 Å². The minimum absolute atomic E-state index is 1.03. The molecule has 0 bridgehead atoms. The topological polar surface area (TPSA) is 12.9 Å². The van der Waals surface area contributed by atoms with Crippen molar-refractivity contribution >= 4 is 34.9 Å². The molecule has 0 aliphatic rings. The fraction of sp³-hybridized carbons (Fsp3) is 0.0750. The van der Waals surface area contributed by atoms with Crippen molar-refractivity contribution in [2.75, 3.05) is 0 Å². The molecule has 0 spiro atoms. The molecule has 0 amide bonds. The molecular weight excluding hydrogens is 523 g/mol. The van der Waals surface area contributed by atoms with E-state index in [0.29, 0.717) is 0 Å². The van der Waals surface area contributed by atoms with Crippen LogP contribution in [0.25, 0.3) is 66.2 Å². The Kier molecular flexibility index (Phi) is 6.57. The van der Waals surface area contributed by atoms with Crippen LogP contribution in [0.2, 0.25) is 19.6 Å². The standard InChI is InChI=1S/C40H33NSi/c1-42(2,3)39-22-20-29(21-23-39)28-8-10-30(11-9-28)33-16-18-36-25-34(17-19-35(36)24-33)31-12-14-32(15-13-31)38-26-37-6-4-5-7-40(37)41-27-38/h4-27H,1-3H3. The average molecular weight is 556 g/mol. The van der Waals surface area contributed by atoms with Crippen LogP contribution in [0.15, 0.2) is 146 Å². The molecule has 0 aliphatic carbocycles. The Morgan fingerprint density at radius 2 is 0.786 bits per heavy atom. The Morgan fingerprint density at radius 3 is 1.31 bits per heavy atom. The lowest BCUT2D eigenvalue weighted by Crippen LogP contribution is -2.37. The van der Waals surface area contributed by atoms with Gasteiger partial charge in [0.05, 0.1) is 13.6 Å². The summed E-state index contributed by atoms with van der Waals surface area (Å²) in [4.78, 5) is 4.63. The van der Waals surface area contributed by atoms with E-state index >= 15 is 0 Å². The third kappa shape index (κ3) is 5.18. The molecule has 42 heavy (non-hydrogen) atoms. The van der Waals surface area contributed by atoms with Gasteiger partial charge in [-0.3, -0.25) is 4.98 Å². The molecule has 1 nitrogen and oxygen atoms in total. The second-order valence-corrected chi connectivity index (χ2v) is 17.3. The molecule has 0 saturated carbocycles. The lowest BCUT2D eigenvalue weighted by Gasteiger charge is -2.16. The number of nitrogens with zero attached hydrogens (tertiary/aromatic N) is 1. The van der Waals surface area contributed by atoms with Crippen LogP contribution in [0.3, 0.4) is 0 Å². The van der Waals surface area contributed by atoms with Gasteiger partial charge in [-0.25, -0.2) is 0 Å². The summed E-state index contributed by atoms with van der Waals surface area (Å²) >= 11 is 0. The Labute approximate surface area is 249 Å². The number of hydrogen-bond donors (Lipinski definition) is 0. The third-order valence-corrected chi connectivity index (χ3v) is 10.4. The number of benzene rings is 6. The van der Waals surface area contributed by atoms with Gasteiger partial charge in [0.25, 0.3) is 0 Å².